The van der Waals surface area contributed by atoms with Crippen molar-refractivity contribution in [2.45, 2.75) is 0 Å². The van der Waals surface area contributed by atoms with Gasteiger partial charge in [-0.15, -0.1) is 0 Å². The zero-order chi connectivity index (χ0) is 26.1. The molecule has 6 aromatic rings. The molecule has 3 aromatic carbocycles. The molecule has 1 amide bonds. The van der Waals surface area contributed by atoms with Crippen molar-refractivity contribution in [1.29, 1.82) is 0 Å². The van der Waals surface area contributed by atoms with E-state index in [1.807, 2.05) is 60.7 Å². The van der Waals surface area contributed by atoms with Crippen LogP contribution in [0.25, 0.3) is 44.1 Å². The fourth-order valence-corrected chi connectivity index (χ4v) is 4.29. The molecular formula is C28H23N9O. The van der Waals surface area contributed by atoms with E-state index >= 15 is 0 Å². The molecule has 0 bridgehead atoms. The van der Waals surface area contributed by atoms with Crippen molar-refractivity contribution < 1.29 is 4.79 Å². The smallest absolute Gasteiger partial charge is 0.272 e. The fraction of sp³-hybridized carbons (Fsp3) is 0. The van der Waals surface area contributed by atoms with Gasteiger partial charge < -0.3 is 27.1 Å². The molecule has 10 heteroatoms. The molecule has 0 atom stereocenters. The minimum atomic E-state index is -0.333. The number of carbonyl (C=O) groups is 1. The number of anilines is 2. The van der Waals surface area contributed by atoms with Crippen molar-refractivity contribution in [2.75, 3.05) is 5.32 Å². The van der Waals surface area contributed by atoms with Crippen LogP contribution < -0.4 is 22.1 Å². The molecule has 10 nitrogen and oxygen atoms in total. The van der Waals surface area contributed by atoms with Gasteiger partial charge >= 0.3 is 0 Å². The Morgan fingerprint density at radius 1 is 0.921 bits per heavy atom. The van der Waals surface area contributed by atoms with Gasteiger partial charge in [0.1, 0.15) is 11.5 Å². The molecule has 0 fully saturated rings. The number of para-hydroxylation sites is 1. The lowest BCUT2D eigenvalue weighted by atomic mass is 10.1. The van der Waals surface area contributed by atoms with E-state index in [1.54, 1.807) is 12.3 Å². The number of allylic oxidation sites excluding steroid dienone is 1. The lowest BCUT2D eigenvalue weighted by Crippen LogP contribution is -2.23. The van der Waals surface area contributed by atoms with Crippen molar-refractivity contribution in [2.24, 2.45) is 11.5 Å². The summed E-state index contributed by atoms with van der Waals surface area (Å²) in [6.45, 7) is 0. The zero-order valence-corrected chi connectivity index (χ0v) is 20.1. The van der Waals surface area contributed by atoms with Crippen LogP contribution in [0.1, 0.15) is 10.5 Å². The number of rotatable bonds is 6. The molecule has 0 unspecified atom stereocenters. The first-order valence-corrected chi connectivity index (χ1v) is 11.8. The number of nitrogens with zero attached hydrogens (tertiary/aromatic N) is 3. The summed E-state index contributed by atoms with van der Waals surface area (Å²) in [6, 6.07) is 21.4. The van der Waals surface area contributed by atoms with Gasteiger partial charge in [-0.25, -0.2) is 9.97 Å². The molecule has 0 radical (unpaired) electrons. The van der Waals surface area contributed by atoms with E-state index in [4.69, 9.17) is 21.4 Å². The Labute approximate surface area is 216 Å². The lowest BCUT2D eigenvalue weighted by molar-refractivity contribution is 0.0963. The maximum atomic E-state index is 12.7. The topological polar surface area (TPSA) is 163 Å². The average molecular weight is 502 g/mol. The average Bonchev–Trinajstić information content (AvgIpc) is 3.59. The van der Waals surface area contributed by atoms with Crippen molar-refractivity contribution >= 4 is 50.1 Å². The number of nitrogens with one attached hydrogen (secondary N) is 4. The summed E-state index contributed by atoms with van der Waals surface area (Å²) in [5, 5.41) is 16.0. The molecule has 8 N–H and O–H groups in total. The van der Waals surface area contributed by atoms with Crippen LogP contribution in [0, 0.1) is 0 Å². The van der Waals surface area contributed by atoms with Crippen molar-refractivity contribution in [3.8, 4) is 11.4 Å². The Kier molecular flexibility index (Phi) is 5.66. The first kappa shape index (κ1) is 22.8. The molecule has 6 rings (SSSR count). The van der Waals surface area contributed by atoms with Gasteiger partial charge in [0.15, 0.2) is 5.82 Å². The molecule has 38 heavy (non-hydrogen) atoms. The number of H-pyrrole nitrogens is 2. The first-order chi connectivity index (χ1) is 18.6. The molecule has 186 valence electrons. The summed E-state index contributed by atoms with van der Waals surface area (Å²) in [7, 11) is 0. The maximum absolute atomic E-state index is 12.7. The highest BCUT2D eigenvalue weighted by molar-refractivity contribution is 6.00. The molecule has 3 heterocycles. The monoisotopic (exact) mass is 501 g/mol. The molecular weight excluding hydrogens is 478 g/mol. The van der Waals surface area contributed by atoms with Crippen LogP contribution in [0.5, 0.6) is 0 Å². The lowest BCUT2D eigenvalue weighted by Gasteiger charge is -2.11. The second-order valence-corrected chi connectivity index (χ2v) is 8.63. The van der Waals surface area contributed by atoms with Crippen LogP contribution in [-0.4, -0.2) is 31.1 Å². The standard InChI is InChI=1S/C28H23N9O/c29-10-9-20(14-30)33-28(38)25-12-16-5-6-17(13-24(16)34-25)26-35-23-4-2-1-3-21(23)27(36-26)32-19-7-8-22-18(11-19)15-31-37-22/h1-15,34H,29-30H2,(H,31,37)(H,33,38)(H,32,35,36)/b10-9-,20-14+. The van der Waals surface area contributed by atoms with Gasteiger partial charge in [0.25, 0.3) is 5.91 Å². The number of benzene rings is 3. The Morgan fingerprint density at radius 3 is 2.68 bits per heavy atom. The number of amides is 1. The zero-order valence-electron chi connectivity index (χ0n) is 20.1. The SMILES string of the molecule is N/C=C\C(=C/N)NC(=O)c1cc2ccc(-c3nc(Nc4ccc5[nH]ncc5c4)c4ccccc4n3)cc2[nH]1. The second kappa shape index (κ2) is 9.43. The summed E-state index contributed by atoms with van der Waals surface area (Å²) >= 11 is 0. The number of aromatic amines is 2. The molecule has 0 aliphatic heterocycles. The summed E-state index contributed by atoms with van der Waals surface area (Å²) < 4.78 is 0. The molecule has 0 aliphatic rings. The van der Waals surface area contributed by atoms with E-state index in [0.717, 1.165) is 44.0 Å². The van der Waals surface area contributed by atoms with Gasteiger partial charge in [-0.2, -0.15) is 5.10 Å². The Morgan fingerprint density at radius 2 is 1.82 bits per heavy atom. The molecule has 0 saturated heterocycles. The third kappa shape index (κ3) is 4.26. The van der Waals surface area contributed by atoms with Crippen molar-refractivity contribution in [1.82, 2.24) is 30.5 Å². The van der Waals surface area contributed by atoms with E-state index in [2.05, 4.69) is 25.8 Å². The van der Waals surface area contributed by atoms with Gasteiger partial charge in [0, 0.05) is 39.1 Å². The van der Waals surface area contributed by atoms with Gasteiger partial charge in [-0.1, -0.05) is 24.3 Å². The largest absolute Gasteiger partial charge is 0.405 e. The third-order valence-electron chi connectivity index (χ3n) is 6.14. The number of aromatic nitrogens is 5. The van der Waals surface area contributed by atoms with Crippen molar-refractivity contribution in [3.63, 3.8) is 0 Å². The molecule has 0 saturated carbocycles. The summed E-state index contributed by atoms with van der Waals surface area (Å²) in [5.74, 6) is 0.911. The molecule has 0 aliphatic carbocycles. The van der Waals surface area contributed by atoms with E-state index in [0.29, 0.717) is 23.0 Å². The van der Waals surface area contributed by atoms with E-state index in [-0.39, 0.29) is 5.91 Å². The quantitative estimate of drug-likeness (QED) is 0.184. The normalized spacial score (nSPS) is 12.1. The minimum absolute atomic E-state index is 0.333. The van der Waals surface area contributed by atoms with Crippen LogP contribution in [-0.2, 0) is 0 Å². The number of hydrogen-bond donors (Lipinski definition) is 6. The Bertz CT molecular complexity index is 1880. The highest BCUT2D eigenvalue weighted by atomic mass is 16.1. The highest BCUT2D eigenvalue weighted by Crippen LogP contribution is 2.30. The summed E-state index contributed by atoms with van der Waals surface area (Å²) in [6.07, 6.45) is 5.87. The highest BCUT2D eigenvalue weighted by Gasteiger charge is 2.14. The van der Waals surface area contributed by atoms with E-state index in [1.165, 1.54) is 18.5 Å². The number of carbonyl (C=O) groups excluding carboxylic acids is 1. The first-order valence-electron chi connectivity index (χ1n) is 11.8. The van der Waals surface area contributed by atoms with Gasteiger partial charge in [0.2, 0.25) is 0 Å². The maximum Gasteiger partial charge on any atom is 0.272 e. The number of hydrogen-bond acceptors (Lipinski definition) is 7. The predicted octanol–water partition coefficient (Wildman–Crippen LogP) is 4.40. The van der Waals surface area contributed by atoms with Gasteiger partial charge in [0.05, 0.1) is 22.9 Å². The van der Waals surface area contributed by atoms with Crippen LogP contribution in [0.4, 0.5) is 11.5 Å². The molecule has 3 aromatic heterocycles. The summed E-state index contributed by atoms with van der Waals surface area (Å²) in [5.41, 5.74) is 16.0. The predicted molar refractivity (Wildman–Crippen MR) is 149 cm³/mol. The van der Waals surface area contributed by atoms with Crippen LogP contribution >= 0.6 is 0 Å². The number of fused-ring (bicyclic) bond motifs is 3. The second-order valence-electron chi connectivity index (χ2n) is 8.63. The van der Waals surface area contributed by atoms with Crippen LogP contribution in [0.3, 0.4) is 0 Å². The third-order valence-corrected chi connectivity index (χ3v) is 6.14. The summed E-state index contributed by atoms with van der Waals surface area (Å²) in [4.78, 5) is 25.5. The number of nitrogens with two attached hydrogens (primary N) is 2. The van der Waals surface area contributed by atoms with Crippen LogP contribution in [0.15, 0.2) is 97.1 Å². The van der Waals surface area contributed by atoms with Crippen molar-refractivity contribution in [3.05, 3.63) is 103 Å². The minimum Gasteiger partial charge on any atom is -0.405 e. The molecule has 0 spiro atoms. The Hall–Kier alpha value is -5.64. The fourth-order valence-electron chi connectivity index (χ4n) is 4.29. The van der Waals surface area contributed by atoms with Crippen LogP contribution in [0.2, 0.25) is 0 Å². The Balaban J connectivity index is 1.37. The van der Waals surface area contributed by atoms with Gasteiger partial charge in [-0.05, 0) is 54.7 Å². The van der Waals surface area contributed by atoms with Gasteiger partial charge in [-0.3, -0.25) is 9.89 Å². The van der Waals surface area contributed by atoms with E-state index in [9.17, 15) is 4.79 Å². The van der Waals surface area contributed by atoms with E-state index < -0.39 is 0 Å².